The van der Waals surface area contributed by atoms with Crippen LogP contribution in [0.25, 0.3) is 5.69 Å². The molecule has 1 atom stereocenters. The molecule has 1 aliphatic carbocycles. The molecule has 1 aromatic carbocycles. The summed E-state index contributed by atoms with van der Waals surface area (Å²) in [4.78, 5) is 25.7. The molecule has 8 nitrogen and oxygen atoms in total. The van der Waals surface area contributed by atoms with Gasteiger partial charge in [0.15, 0.2) is 5.69 Å². The maximum atomic E-state index is 13.1. The fourth-order valence-electron chi connectivity index (χ4n) is 3.41. The van der Waals surface area contributed by atoms with Crippen molar-refractivity contribution in [3.05, 3.63) is 41.2 Å². The largest absolute Gasteiger partial charge is 0.481 e. The molecule has 2 aliphatic rings. The number of aryl methyl sites for hydroxylation is 1. The molecule has 4 rings (SSSR count). The van der Waals surface area contributed by atoms with Gasteiger partial charge in [-0.15, -0.1) is 5.10 Å². The monoisotopic (exact) mass is 370 g/mol. The molecular formula is C19H22N4O4. The van der Waals surface area contributed by atoms with E-state index < -0.39 is 12.1 Å². The Morgan fingerprint density at radius 3 is 2.67 bits per heavy atom. The third-order valence-electron chi connectivity index (χ3n) is 4.98. The van der Waals surface area contributed by atoms with E-state index in [9.17, 15) is 9.59 Å². The number of benzene rings is 1. The van der Waals surface area contributed by atoms with Crippen LogP contribution >= 0.6 is 0 Å². The van der Waals surface area contributed by atoms with Crippen LogP contribution < -0.4 is 0 Å². The molecule has 0 unspecified atom stereocenters. The molecule has 0 spiro atoms. The van der Waals surface area contributed by atoms with Crippen molar-refractivity contribution >= 4 is 11.9 Å². The first kappa shape index (κ1) is 17.7. The van der Waals surface area contributed by atoms with Crippen molar-refractivity contribution in [1.29, 1.82) is 0 Å². The number of carbonyl (C=O) groups is 2. The summed E-state index contributed by atoms with van der Waals surface area (Å²) in [6, 6.07) is 7.96. The second kappa shape index (κ2) is 7.11. The minimum Gasteiger partial charge on any atom is -0.481 e. The van der Waals surface area contributed by atoms with Crippen molar-refractivity contribution in [2.75, 3.05) is 19.7 Å². The molecule has 142 valence electrons. The van der Waals surface area contributed by atoms with Gasteiger partial charge in [0.2, 0.25) is 0 Å². The fourth-order valence-corrected chi connectivity index (χ4v) is 3.41. The van der Waals surface area contributed by atoms with Crippen molar-refractivity contribution < 1.29 is 19.4 Å². The molecular weight excluding hydrogens is 348 g/mol. The molecule has 0 radical (unpaired) electrons. The van der Waals surface area contributed by atoms with Crippen LogP contribution in [-0.2, 0) is 9.53 Å². The molecule has 2 aromatic rings. The summed E-state index contributed by atoms with van der Waals surface area (Å²) >= 11 is 0. The second-order valence-corrected chi connectivity index (χ2v) is 7.19. The third kappa shape index (κ3) is 3.71. The quantitative estimate of drug-likeness (QED) is 0.861. The van der Waals surface area contributed by atoms with Crippen LogP contribution in [0.5, 0.6) is 0 Å². The van der Waals surface area contributed by atoms with Gasteiger partial charge >= 0.3 is 5.97 Å². The predicted molar refractivity (Wildman–Crippen MR) is 96.0 cm³/mol. The highest BCUT2D eigenvalue weighted by molar-refractivity contribution is 5.94. The van der Waals surface area contributed by atoms with Gasteiger partial charge in [-0.2, -0.15) is 0 Å². The Bertz CT molecular complexity index is 857. The van der Waals surface area contributed by atoms with Crippen LogP contribution in [-0.4, -0.2) is 62.7 Å². The first-order chi connectivity index (χ1) is 13.0. The summed E-state index contributed by atoms with van der Waals surface area (Å²) in [6.07, 6.45) is 1.43. The van der Waals surface area contributed by atoms with Gasteiger partial charge in [0.1, 0.15) is 0 Å². The summed E-state index contributed by atoms with van der Waals surface area (Å²) in [5, 5.41) is 17.4. The van der Waals surface area contributed by atoms with Crippen molar-refractivity contribution in [2.45, 2.75) is 38.2 Å². The van der Waals surface area contributed by atoms with Crippen LogP contribution in [0.4, 0.5) is 0 Å². The standard InChI is InChI=1S/C19H22N4O4/c1-12-2-6-14(7-3-12)23-18(13-4-5-13)17(20-21-23)19(26)22-8-9-27-15(11-22)10-16(24)25/h2-3,6-7,13,15H,4-5,8-11H2,1H3,(H,24,25)/t15-/m0/s1. The van der Waals surface area contributed by atoms with Gasteiger partial charge in [0.05, 0.1) is 30.5 Å². The van der Waals surface area contributed by atoms with E-state index in [0.29, 0.717) is 18.8 Å². The zero-order valence-electron chi connectivity index (χ0n) is 15.2. The highest BCUT2D eigenvalue weighted by Gasteiger charge is 2.37. The van der Waals surface area contributed by atoms with Crippen LogP contribution in [0.2, 0.25) is 0 Å². The van der Waals surface area contributed by atoms with E-state index >= 15 is 0 Å². The highest BCUT2D eigenvalue weighted by atomic mass is 16.5. The number of carboxylic acid groups (broad SMARTS) is 1. The lowest BCUT2D eigenvalue weighted by atomic mass is 10.1. The van der Waals surface area contributed by atoms with E-state index in [0.717, 1.165) is 29.8 Å². The van der Waals surface area contributed by atoms with Crippen molar-refractivity contribution in [1.82, 2.24) is 19.9 Å². The summed E-state index contributed by atoms with van der Waals surface area (Å²) in [5.41, 5.74) is 3.26. The van der Waals surface area contributed by atoms with Crippen LogP contribution in [0.3, 0.4) is 0 Å². The SMILES string of the molecule is Cc1ccc(-n2nnc(C(=O)N3CCO[C@@H](CC(=O)O)C3)c2C2CC2)cc1. The molecule has 1 saturated carbocycles. The zero-order valence-corrected chi connectivity index (χ0v) is 15.2. The number of rotatable bonds is 5. The fraction of sp³-hybridized carbons (Fsp3) is 0.474. The molecule has 0 bridgehead atoms. The smallest absolute Gasteiger partial charge is 0.306 e. The number of ether oxygens (including phenoxy) is 1. The average Bonchev–Trinajstić information content (AvgIpc) is 3.40. The lowest BCUT2D eigenvalue weighted by molar-refractivity contribution is -0.141. The lowest BCUT2D eigenvalue weighted by Crippen LogP contribution is -2.46. The van der Waals surface area contributed by atoms with E-state index in [1.807, 2.05) is 31.2 Å². The van der Waals surface area contributed by atoms with Gasteiger partial charge in [-0.05, 0) is 31.9 Å². The van der Waals surface area contributed by atoms with Crippen molar-refractivity contribution in [2.24, 2.45) is 0 Å². The Balaban J connectivity index is 1.61. The minimum atomic E-state index is -0.932. The normalized spacial score (nSPS) is 19.9. The van der Waals surface area contributed by atoms with E-state index in [-0.39, 0.29) is 24.8 Å². The molecule has 1 amide bonds. The van der Waals surface area contributed by atoms with Gasteiger partial charge in [-0.1, -0.05) is 22.9 Å². The summed E-state index contributed by atoms with van der Waals surface area (Å²) < 4.78 is 7.23. The number of nitrogens with zero attached hydrogens (tertiary/aromatic N) is 4. The summed E-state index contributed by atoms with van der Waals surface area (Å²) in [5.74, 6) is -0.844. The van der Waals surface area contributed by atoms with E-state index in [1.54, 1.807) is 9.58 Å². The first-order valence-corrected chi connectivity index (χ1v) is 9.18. The molecule has 2 heterocycles. The number of aliphatic carboxylic acids is 1. The number of amides is 1. The van der Waals surface area contributed by atoms with Crippen LogP contribution in [0.15, 0.2) is 24.3 Å². The molecule has 2 fully saturated rings. The van der Waals surface area contributed by atoms with Crippen molar-refractivity contribution in [3.63, 3.8) is 0 Å². The van der Waals surface area contributed by atoms with Gasteiger partial charge < -0.3 is 14.7 Å². The second-order valence-electron chi connectivity index (χ2n) is 7.19. The minimum absolute atomic E-state index is 0.116. The molecule has 1 saturated heterocycles. The maximum Gasteiger partial charge on any atom is 0.306 e. The van der Waals surface area contributed by atoms with Gasteiger partial charge in [-0.3, -0.25) is 9.59 Å². The van der Waals surface area contributed by atoms with Gasteiger partial charge in [-0.25, -0.2) is 4.68 Å². The molecule has 1 aromatic heterocycles. The molecule has 1 N–H and O–H groups in total. The average molecular weight is 370 g/mol. The molecule has 8 heteroatoms. The number of aromatic nitrogens is 3. The number of hydrogen-bond acceptors (Lipinski definition) is 5. The third-order valence-corrected chi connectivity index (χ3v) is 4.98. The number of carboxylic acids is 1. The van der Waals surface area contributed by atoms with Crippen LogP contribution in [0.1, 0.15) is 46.9 Å². The number of morpholine rings is 1. The Labute approximate surface area is 156 Å². The van der Waals surface area contributed by atoms with E-state index in [1.165, 1.54) is 0 Å². The molecule has 27 heavy (non-hydrogen) atoms. The predicted octanol–water partition coefficient (Wildman–Crippen LogP) is 1.77. The maximum absolute atomic E-state index is 13.1. The Kier molecular flexibility index (Phi) is 4.65. The summed E-state index contributed by atoms with van der Waals surface area (Å²) in [6.45, 7) is 3.03. The first-order valence-electron chi connectivity index (χ1n) is 9.18. The summed E-state index contributed by atoms with van der Waals surface area (Å²) in [7, 11) is 0. The van der Waals surface area contributed by atoms with Gasteiger partial charge in [0, 0.05) is 19.0 Å². The van der Waals surface area contributed by atoms with E-state index in [2.05, 4.69) is 10.3 Å². The lowest BCUT2D eigenvalue weighted by Gasteiger charge is -2.32. The topological polar surface area (TPSA) is 97.5 Å². The van der Waals surface area contributed by atoms with E-state index in [4.69, 9.17) is 9.84 Å². The van der Waals surface area contributed by atoms with Crippen LogP contribution in [0, 0.1) is 6.92 Å². The Hall–Kier alpha value is -2.74. The Morgan fingerprint density at radius 2 is 2.00 bits per heavy atom. The van der Waals surface area contributed by atoms with Crippen molar-refractivity contribution in [3.8, 4) is 5.69 Å². The van der Waals surface area contributed by atoms with Gasteiger partial charge in [0.25, 0.3) is 5.91 Å². The molecule has 1 aliphatic heterocycles. The highest BCUT2D eigenvalue weighted by Crippen LogP contribution is 2.42. The number of carbonyl (C=O) groups excluding carboxylic acids is 1. The zero-order chi connectivity index (χ0) is 19.0. The Morgan fingerprint density at radius 1 is 1.26 bits per heavy atom. The number of hydrogen-bond donors (Lipinski definition) is 1.